The maximum atomic E-state index is 13.0. The zero-order valence-electron chi connectivity index (χ0n) is 77.4. The molecule has 0 spiro atoms. The minimum absolute atomic E-state index is 0.0734. The van der Waals surface area contributed by atoms with Gasteiger partial charge >= 0.3 is 30.3 Å². The molecule has 0 fully saturated rings. The molecule has 5 aromatic carbocycles. The minimum atomic E-state index is -1.89. The SMILES string of the molecule is C#CC(Cn1cnc2ccc(OC)cc2c1=O)(NC(=O)OC)C(C)=O.C#C[C@@](Cn1cnc2ccc(OC)cc2c1=O)(NC(=O)OC)C(C)=O.C#C[C@](Cn1cnc2ccc(OC)cc2c1=O)(NC(=O)OC)C(C)=O.COC(=O)C(C#C[Si](C)(C)C)NC(C)=O.COC(=O)NC(C#C[Si](C)(C)C)(Cn1cnc2ccc(OC)cc2c1=O)C(C)=O.COc1ccc2ncn(CBr)c(=O)c2c1. The molecule has 43 heteroatoms. The number of terminal acetylenes is 3. The number of Topliss-reactive ketones (excluding diaryl/α,β-unsaturated/α-hetero) is 4. The molecule has 0 radical (unpaired) electrons. The molecule has 5 N–H and O–H groups in total. The van der Waals surface area contributed by atoms with Crippen molar-refractivity contribution in [2.24, 2.45) is 0 Å². The highest BCUT2D eigenvalue weighted by atomic mass is 79.9. The van der Waals surface area contributed by atoms with E-state index in [0.717, 1.165) is 21.3 Å². The quantitative estimate of drug-likeness (QED) is 0.0143. The lowest BCUT2D eigenvalue weighted by molar-refractivity contribution is -0.143. The number of ether oxygens (including phenoxy) is 10. The summed E-state index contributed by atoms with van der Waals surface area (Å²) in [4.78, 5) is 202. The molecule has 3 unspecified atom stereocenters. The van der Waals surface area contributed by atoms with Crippen molar-refractivity contribution in [1.82, 2.24) is 74.3 Å². The van der Waals surface area contributed by atoms with Crippen LogP contribution in [0.5, 0.6) is 28.7 Å². The smallest absolute Gasteiger partial charge is 0.408 e. The van der Waals surface area contributed by atoms with Gasteiger partial charge < -0.3 is 52.7 Å². The first-order valence-electron chi connectivity index (χ1n) is 39.7. The van der Waals surface area contributed by atoms with Crippen molar-refractivity contribution in [3.8, 4) is 88.7 Å². The van der Waals surface area contributed by atoms with Crippen LogP contribution in [0.15, 0.2) is 147 Å². The zero-order chi connectivity index (χ0) is 101. The van der Waals surface area contributed by atoms with Crippen LogP contribution < -0.4 is 78.1 Å². The van der Waals surface area contributed by atoms with Gasteiger partial charge in [-0.05, 0) is 119 Å². The maximum Gasteiger partial charge on any atom is 0.408 e. The molecule has 706 valence electrons. The number of carbonyl (C=O) groups excluding carboxylic acids is 10. The first-order valence-corrected chi connectivity index (χ1v) is 47.8. The van der Waals surface area contributed by atoms with E-state index in [9.17, 15) is 71.9 Å². The van der Waals surface area contributed by atoms with Crippen molar-refractivity contribution in [2.75, 3.05) is 71.1 Å². The van der Waals surface area contributed by atoms with Gasteiger partial charge in [-0.2, -0.15) is 0 Å². The predicted molar refractivity (Wildman–Crippen MR) is 506 cm³/mol. The van der Waals surface area contributed by atoms with E-state index in [0.29, 0.717) is 88.7 Å². The average Bonchev–Trinajstić information content (AvgIpc) is 0.793. The molecule has 5 heterocycles. The van der Waals surface area contributed by atoms with Crippen LogP contribution in [0.3, 0.4) is 0 Å². The number of methoxy groups -OCH3 is 10. The van der Waals surface area contributed by atoms with Crippen LogP contribution in [0.25, 0.3) is 54.5 Å². The Morgan fingerprint density at radius 3 is 0.799 bits per heavy atom. The lowest BCUT2D eigenvalue weighted by atomic mass is 9.95. The molecule has 5 atom stereocenters. The number of rotatable bonds is 24. The molecule has 0 saturated carbocycles. The predicted octanol–water partition coefficient (Wildman–Crippen LogP) is 6.44. The second-order valence-electron chi connectivity index (χ2n) is 30.7. The van der Waals surface area contributed by atoms with Crippen LogP contribution in [0.2, 0.25) is 39.3 Å². The van der Waals surface area contributed by atoms with Crippen molar-refractivity contribution in [1.29, 1.82) is 0 Å². The number of ketones is 4. The summed E-state index contributed by atoms with van der Waals surface area (Å²) in [6.45, 7) is 17.5. The average molecular weight is 1940 g/mol. The summed E-state index contributed by atoms with van der Waals surface area (Å²) in [5, 5.41) is 13.7. The third-order valence-electron chi connectivity index (χ3n) is 19.1. The van der Waals surface area contributed by atoms with Crippen LogP contribution in [-0.2, 0) is 84.1 Å². The summed E-state index contributed by atoms with van der Waals surface area (Å²) in [6.07, 6.45) is 19.6. The first kappa shape index (κ1) is 109. The molecule has 0 saturated heterocycles. The number of alkyl carbamates (subject to hydrolysis) is 4. The highest BCUT2D eigenvalue weighted by Crippen LogP contribution is 2.24. The van der Waals surface area contributed by atoms with Crippen LogP contribution in [-0.4, -0.2) is 223 Å². The van der Waals surface area contributed by atoms with E-state index in [4.69, 9.17) is 43.0 Å². The Bertz CT molecular complexity index is 6350. The van der Waals surface area contributed by atoms with Gasteiger partial charge in [-0.1, -0.05) is 84.8 Å². The molecular weight excluding hydrogens is 1840 g/mol. The number of hydrogen-bond donors (Lipinski definition) is 5. The van der Waals surface area contributed by atoms with Gasteiger partial charge in [0.2, 0.25) is 5.91 Å². The molecular formula is C91H102BrN15O25Si2. The van der Waals surface area contributed by atoms with E-state index in [-0.39, 0.29) is 43.2 Å². The van der Waals surface area contributed by atoms with Crippen LogP contribution in [0, 0.1) is 60.0 Å². The Morgan fingerprint density at radius 1 is 0.366 bits per heavy atom. The summed E-state index contributed by atoms with van der Waals surface area (Å²) in [7, 11) is 9.99. The van der Waals surface area contributed by atoms with E-state index < -0.39 is 114 Å². The van der Waals surface area contributed by atoms with Crippen molar-refractivity contribution >= 4 is 146 Å². The number of aromatic nitrogens is 10. The summed E-state index contributed by atoms with van der Waals surface area (Å²) in [6, 6.07) is 24.0. The van der Waals surface area contributed by atoms with E-state index in [1.165, 1.54) is 132 Å². The second kappa shape index (κ2) is 48.7. The molecule has 40 nitrogen and oxygen atoms in total. The Kier molecular flexibility index (Phi) is 39.6. The Hall–Kier alpha value is -15.8. The van der Waals surface area contributed by atoms with E-state index in [1.807, 2.05) is 19.6 Å². The fourth-order valence-electron chi connectivity index (χ4n) is 11.5. The number of fused-ring (bicyclic) bond motifs is 5. The minimum Gasteiger partial charge on any atom is -0.497 e. The highest BCUT2D eigenvalue weighted by Gasteiger charge is 2.41. The summed E-state index contributed by atoms with van der Waals surface area (Å²) in [5.74, 6) is 12.3. The van der Waals surface area contributed by atoms with Crippen LogP contribution in [0.1, 0.15) is 34.6 Å². The van der Waals surface area contributed by atoms with Gasteiger partial charge in [-0.3, -0.25) is 92.0 Å². The van der Waals surface area contributed by atoms with Gasteiger partial charge in [-0.15, -0.1) is 30.4 Å². The van der Waals surface area contributed by atoms with Gasteiger partial charge in [0.25, 0.3) is 27.8 Å². The number of hydrogen-bond acceptors (Lipinski definition) is 30. The fourth-order valence-corrected chi connectivity index (χ4v) is 13.0. The Morgan fingerprint density at radius 2 is 0.597 bits per heavy atom. The summed E-state index contributed by atoms with van der Waals surface area (Å²) < 4.78 is 54.6. The molecule has 0 bridgehead atoms. The molecule has 134 heavy (non-hydrogen) atoms. The molecule has 10 aromatic rings. The second-order valence-corrected chi connectivity index (χ2v) is 40.7. The number of alkyl halides is 1. The monoisotopic (exact) mass is 1940 g/mol. The molecule has 0 aliphatic rings. The number of amides is 5. The van der Waals surface area contributed by atoms with Gasteiger partial charge in [0.1, 0.15) is 44.9 Å². The van der Waals surface area contributed by atoms with Gasteiger partial charge in [0, 0.05) is 6.92 Å². The molecule has 5 amide bonds. The molecule has 10 rings (SSSR count). The van der Waals surface area contributed by atoms with Gasteiger partial charge in [-0.25, -0.2) is 48.9 Å². The number of carbonyl (C=O) groups is 10. The lowest BCUT2D eigenvalue weighted by Gasteiger charge is -2.27. The van der Waals surface area contributed by atoms with E-state index in [2.05, 4.69) is 151 Å². The molecule has 0 aliphatic carbocycles. The van der Waals surface area contributed by atoms with Crippen molar-refractivity contribution in [3.63, 3.8) is 0 Å². The van der Waals surface area contributed by atoms with E-state index in [1.54, 1.807) is 98.1 Å². The standard InChI is InChI=1S/C20H25N3O5Si.3C17H17N3O5.C10H9BrN2O2.C10H17NO3Si/c1-14(24)20(22-19(26)28-3,9-10-29(4,5)6)12-23-13-21-17-8-7-15(27-2)11-16(17)18(23)25;3*1-5-17(11(2)21,19-16(23)25-4)9-20-10-18-14-7-6-12(24-3)8-13(14)15(20)22;1-15-7-2-3-9-8(4-7)10(14)13(5-11)6-12-9;1-8(12)11-9(10(13)14-2)6-7-15(3,4)5/h7-8,11,13H,12H2,1-6H3,(H,22,26);3*1,6-8,10H,9H2,2-4H3,(H,19,23);2-4,6H,5H2,1H3;9H,1-5H3,(H,11,12)/t;2*17-;;;/m.10.../s1. The zero-order valence-corrected chi connectivity index (χ0v) is 81.0. The van der Waals surface area contributed by atoms with Gasteiger partial charge in [0.05, 0.1) is 189 Å². The summed E-state index contributed by atoms with van der Waals surface area (Å²) in [5.41, 5.74) is 0.625. The van der Waals surface area contributed by atoms with Crippen LogP contribution in [0.4, 0.5) is 19.2 Å². The number of nitrogens with zero attached hydrogens (tertiary/aromatic N) is 10. The van der Waals surface area contributed by atoms with Crippen LogP contribution >= 0.6 is 15.9 Å². The topological polar surface area (TPSA) is 498 Å². The molecule has 5 aromatic heterocycles. The number of esters is 1. The van der Waals surface area contributed by atoms with Crippen molar-refractivity contribution in [2.45, 2.75) is 134 Å². The summed E-state index contributed by atoms with van der Waals surface area (Å²) >= 11 is 3.22. The first-order chi connectivity index (χ1) is 63.1. The number of benzene rings is 5. The molecule has 0 aliphatic heterocycles. The normalized spacial score (nSPS) is 12.5. The van der Waals surface area contributed by atoms with E-state index >= 15 is 0 Å². The lowest BCUT2D eigenvalue weighted by Crippen LogP contribution is -2.56. The maximum absolute atomic E-state index is 13.0. The third kappa shape index (κ3) is 29.1. The Labute approximate surface area is 779 Å². The fraction of sp³-hybridized carbons (Fsp3) is 0.341. The number of halogens is 1. The van der Waals surface area contributed by atoms with Gasteiger partial charge in [0.15, 0.2) is 51.3 Å². The number of nitrogens with one attached hydrogen (secondary N) is 5. The van der Waals surface area contributed by atoms with Crippen molar-refractivity contribution < 1.29 is 95.3 Å². The Balaban J connectivity index is 0.000000288. The highest BCUT2D eigenvalue weighted by molar-refractivity contribution is 9.08. The largest absolute Gasteiger partial charge is 0.497 e. The third-order valence-corrected chi connectivity index (χ3v) is 21.4. The van der Waals surface area contributed by atoms with Crippen molar-refractivity contribution in [3.05, 3.63) is 174 Å².